The van der Waals surface area contributed by atoms with Crippen molar-refractivity contribution in [3.05, 3.63) is 102 Å². The predicted octanol–water partition coefficient (Wildman–Crippen LogP) is 8.07. The molecule has 18 heteroatoms. The molecule has 0 radical (unpaired) electrons. The zero-order valence-corrected chi connectivity index (χ0v) is 38.5. The van der Waals surface area contributed by atoms with Crippen LogP contribution < -0.4 is 36.1 Å². The topological polar surface area (TPSA) is 221 Å². The standard InChI is InChI=1S/C50H58N8O10/c1-55-29-32(25-40(55)46(60)54-35-20-16-33(51)17-21-35)31-14-18-34(19-15-31)53-47(61)41-26-36(30-56(41)2)52-44(59)12-5-4-9-23-66-43-28-39-37(27-42(43)65-3)48(62)57-22-8-6-11-38(57)49(58(39)50(63)64)68-45-13-7-10-24-67-45/h14-21,25-30,38,45,49H,4-13,22-24,51H2,1-3H3,(H,52,59)(H,53,61)(H,54,60)(H,63,64)/t38-,45?,49?/m0/s1. The van der Waals surface area contributed by atoms with Crippen LogP contribution in [0.15, 0.2) is 85.2 Å². The van der Waals surface area contributed by atoms with E-state index in [0.717, 1.165) is 41.7 Å². The van der Waals surface area contributed by atoms with E-state index in [1.807, 2.05) is 18.3 Å². The summed E-state index contributed by atoms with van der Waals surface area (Å²) in [4.78, 5) is 69.2. The number of nitrogens with two attached hydrogens (primary N) is 1. The Bertz CT molecular complexity index is 2640. The van der Waals surface area contributed by atoms with Gasteiger partial charge in [-0.25, -0.2) is 9.69 Å². The van der Waals surface area contributed by atoms with Crippen LogP contribution in [-0.2, 0) is 28.4 Å². The lowest BCUT2D eigenvalue weighted by atomic mass is 10.00. The van der Waals surface area contributed by atoms with Crippen LogP contribution in [-0.4, -0.2) is 94.3 Å². The predicted molar refractivity (Wildman–Crippen MR) is 256 cm³/mol. The molecule has 0 saturated carbocycles. The van der Waals surface area contributed by atoms with Gasteiger partial charge in [0.2, 0.25) is 5.91 Å². The minimum Gasteiger partial charge on any atom is -0.493 e. The summed E-state index contributed by atoms with van der Waals surface area (Å²) in [5, 5.41) is 19.3. The van der Waals surface area contributed by atoms with E-state index in [1.165, 1.54) is 7.11 Å². The third kappa shape index (κ3) is 10.8. The zero-order valence-electron chi connectivity index (χ0n) is 38.5. The highest BCUT2D eigenvalue weighted by Gasteiger charge is 2.46. The summed E-state index contributed by atoms with van der Waals surface area (Å²) in [6.07, 6.45) is 7.45. The second-order valence-corrected chi connectivity index (χ2v) is 17.3. The monoisotopic (exact) mass is 930 g/mol. The van der Waals surface area contributed by atoms with Crippen LogP contribution in [0.3, 0.4) is 0 Å². The van der Waals surface area contributed by atoms with Gasteiger partial charge in [0.25, 0.3) is 17.7 Å². The summed E-state index contributed by atoms with van der Waals surface area (Å²) in [6.45, 7) is 1.26. The van der Waals surface area contributed by atoms with Crippen molar-refractivity contribution in [3.63, 3.8) is 0 Å². The quantitative estimate of drug-likeness (QED) is 0.0470. The van der Waals surface area contributed by atoms with E-state index >= 15 is 0 Å². The molecule has 3 aromatic carbocycles. The van der Waals surface area contributed by atoms with Crippen LogP contribution in [0.4, 0.5) is 33.2 Å². The van der Waals surface area contributed by atoms with E-state index in [1.54, 1.807) is 95.0 Å². The lowest BCUT2D eigenvalue weighted by molar-refractivity contribution is -0.198. The first-order valence-electron chi connectivity index (χ1n) is 23.0. The second-order valence-electron chi connectivity index (χ2n) is 17.3. The number of anilines is 5. The number of hydrogen-bond acceptors (Lipinski definition) is 10. The normalized spacial score (nSPS) is 17.9. The van der Waals surface area contributed by atoms with Crippen molar-refractivity contribution >= 4 is 58.2 Å². The van der Waals surface area contributed by atoms with Gasteiger partial charge < -0.3 is 59.8 Å². The van der Waals surface area contributed by atoms with Crippen molar-refractivity contribution in [2.45, 2.75) is 82.8 Å². The number of nitrogens with zero attached hydrogens (tertiary/aromatic N) is 4. The molecule has 0 aliphatic carbocycles. The van der Waals surface area contributed by atoms with Gasteiger partial charge in [0, 0.05) is 74.8 Å². The number of nitrogens with one attached hydrogen (secondary N) is 3. The number of hydrogen-bond donors (Lipinski definition) is 5. The first-order valence-corrected chi connectivity index (χ1v) is 23.0. The molecule has 3 aliphatic rings. The number of amides is 5. The Hall–Kier alpha value is -7.31. The summed E-state index contributed by atoms with van der Waals surface area (Å²) in [6, 6.07) is 20.2. The SMILES string of the molecule is COc1cc2c(cc1OCCCCCC(=O)Nc1cc(C(=O)Nc3ccc(-c4cc(C(=O)Nc5ccc(N)cc5)n(C)c4)cc3)n(C)c1)N(C(=O)O)C(OC1CCCCO1)[C@@H]1CCCCN1C2=O. The molecule has 0 bridgehead atoms. The van der Waals surface area contributed by atoms with Crippen molar-refractivity contribution in [1.29, 1.82) is 0 Å². The minimum absolute atomic E-state index is 0.166. The van der Waals surface area contributed by atoms with E-state index in [9.17, 15) is 29.1 Å². The second kappa shape index (κ2) is 21.1. The molecule has 18 nitrogen and oxygen atoms in total. The number of carbonyl (C=O) groups excluding carboxylic acids is 4. The Balaban J connectivity index is 0.818. The molecule has 5 aromatic rings. The van der Waals surface area contributed by atoms with Gasteiger partial charge >= 0.3 is 6.09 Å². The van der Waals surface area contributed by atoms with Crippen molar-refractivity contribution in [2.24, 2.45) is 14.1 Å². The van der Waals surface area contributed by atoms with Gasteiger partial charge in [-0.2, -0.15) is 0 Å². The molecule has 5 amide bonds. The largest absolute Gasteiger partial charge is 0.493 e. The Morgan fingerprint density at radius 3 is 2.15 bits per heavy atom. The fourth-order valence-corrected chi connectivity index (χ4v) is 8.98. The molecule has 3 atom stereocenters. The van der Waals surface area contributed by atoms with Crippen LogP contribution >= 0.6 is 0 Å². The summed E-state index contributed by atoms with van der Waals surface area (Å²) in [5.74, 6) is -0.510. The average Bonchev–Trinajstić information content (AvgIpc) is 3.89. The van der Waals surface area contributed by atoms with E-state index in [-0.39, 0.29) is 53.7 Å². The summed E-state index contributed by atoms with van der Waals surface area (Å²) >= 11 is 0. The fourth-order valence-electron chi connectivity index (χ4n) is 8.98. The van der Waals surface area contributed by atoms with Crippen LogP contribution in [0.1, 0.15) is 95.5 Å². The van der Waals surface area contributed by atoms with Crippen molar-refractivity contribution in [2.75, 3.05) is 53.5 Å². The number of aryl methyl sites for hydroxylation is 2. The summed E-state index contributed by atoms with van der Waals surface area (Å²) < 4.78 is 27.5. The molecule has 358 valence electrons. The highest BCUT2D eigenvalue weighted by atomic mass is 16.7. The Morgan fingerprint density at radius 1 is 0.765 bits per heavy atom. The molecule has 5 heterocycles. The Morgan fingerprint density at radius 2 is 1.46 bits per heavy atom. The zero-order chi connectivity index (χ0) is 47.9. The van der Waals surface area contributed by atoms with Crippen LogP contribution in [0.2, 0.25) is 0 Å². The molecule has 2 aromatic heterocycles. The lowest BCUT2D eigenvalue weighted by Gasteiger charge is -2.42. The number of fused-ring (bicyclic) bond motifs is 2. The van der Waals surface area contributed by atoms with Gasteiger partial charge in [0.05, 0.1) is 36.7 Å². The van der Waals surface area contributed by atoms with E-state index in [4.69, 9.17) is 24.7 Å². The highest BCUT2D eigenvalue weighted by Crippen LogP contribution is 2.42. The summed E-state index contributed by atoms with van der Waals surface area (Å²) in [5.41, 5.74) is 10.9. The fraction of sp³-hybridized carbons (Fsp3) is 0.380. The van der Waals surface area contributed by atoms with E-state index in [2.05, 4.69) is 16.0 Å². The third-order valence-electron chi connectivity index (χ3n) is 12.5. The van der Waals surface area contributed by atoms with Gasteiger partial charge in [0.1, 0.15) is 11.4 Å². The first kappa shape index (κ1) is 47.2. The van der Waals surface area contributed by atoms with E-state index < -0.39 is 24.7 Å². The number of rotatable bonds is 16. The molecule has 0 spiro atoms. The lowest BCUT2D eigenvalue weighted by Crippen LogP contribution is -2.57. The van der Waals surface area contributed by atoms with Crippen LogP contribution in [0.5, 0.6) is 11.5 Å². The third-order valence-corrected chi connectivity index (χ3v) is 12.5. The first-order chi connectivity index (χ1) is 32.9. The van der Waals surface area contributed by atoms with Gasteiger partial charge in [-0.05, 0) is 118 Å². The van der Waals surface area contributed by atoms with Crippen molar-refractivity contribution in [3.8, 4) is 22.6 Å². The average molecular weight is 931 g/mol. The van der Waals surface area contributed by atoms with Crippen molar-refractivity contribution in [1.82, 2.24) is 14.0 Å². The van der Waals surface area contributed by atoms with Gasteiger partial charge in [-0.15, -0.1) is 0 Å². The molecular formula is C50H58N8O10. The van der Waals surface area contributed by atoms with Gasteiger partial charge in [0.15, 0.2) is 24.0 Å². The molecule has 2 unspecified atom stereocenters. The van der Waals surface area contributed by atoms with E-state index in [0.29, 0.717) is 85.1 Å². The molecule has 6 N–H and O–H groups in total. The summed E-state index contributed by atoms with van der Waals surface area (Å²) in [7, 11) is 5.00. The number of aromatic nitrogens is 2. The number of unbranched alkanes of at least 4 members (excludes halogenated alkanes) is 2. The molecule has 68 heavy (non-hydrogen) atoms. The van der Waals surface area contributed by atoms with Gasteiger partial charge in [-0.3, -0.25) is 19.2 Å². The number of piperidine rings is 1. The van der Waals surface area contributed by atoms with Gasteiger partial charge in [-0.1, -0.05) is 12.1 Å². The molecule has 3 aliphatic heterocycles. The number of carboxylic acid groups (broad SMARTS) is 1. The number of carbonyl (C=O) groups is 5. The molecule has 2 saturated heterocycles. The smallest absolute Gasteiger partial charge is 0.414 e. The number of methoxy groups -OCH3 is 1. The minimum atomic E-state index is -1.25. The Labute approximate surface area is 394 Å². The number of ether oxygens (including phenoxy) is 4. The molecule has 8 rings (SSSR count). The number of nitrogen functional groups attached to an aromatic ring is 1. The maximum absolute atomic E-state index is 14.0. The Kier molecular flexibility index (Phi) is 14.7. The highest BCUT2D eigenvalue weighted by molar-refractivity contribution is 6.07. The molecule has 2 fully saturated rings. The maximum atomic E-state index is 14.0. The van der Waals surface area contributed by atoms with Crippen LogP contribution in [0, 0.1) is 0 Å². The van der Waals surface area contributed by atoms with Crippen LogP contribution in [0.25, 0.3) is 11.1 Å². The maximum Gasteiger partial charge on any atom is 0.414 e. The van der Waals surface area contributed by atoms with Crippen molar-refractivity contribution < 1.29 is 48.0 Å². The molecular weight excluding hydrogens is 873 g/mol. The number of benzene rings is 3.